The lowest BCUT2D eigenvalue weighted by atomic mass is 9.90. The average Bonchev–Trinajstić information content (AvgIpc) is 3.22. The van der Waals surface area contributed by atoms with Crippen molar-refractivity contribution in [3.05, 3.63) is 34.6 Å². The second kappa shape index (κ2) is 9.21. The average molecular weight is 447 g/mol. The summed E-state index contributed by atoms with van der Waals surface area (Å²) < 4.78 is 18.8. The number of methoxy groups -OCH3 is 1. The lowest BCUT2D eigenvalue weighted by Gasteiger charge is -2.34. The minimum atomic E-state index is -0.501. The summed E-state index contributed by atoms with van der Waals surface area (Å²) in [6, 6.07) is 4.42. The Labute approximate surface area is 185 Å². The van der Waals surface area contributed by atoms with Crippen LogP contribution in [0.15, 0.2) is 18.2 Å². The van der Waals surface area contributed by atoms with Gasteiger partial charge in [0.15, 0.2) is 16.7 Å². The number of thiazole rings is 1. The van der Waals surface area contributed by atoms with Crippen molar-refractivity contribution in [1.82, 2.24) is 9.88 Å². The van der Waals surface area contributed by atoms with E-state index in [0.29, 0.717) is 18.5 Å². The summed E-state index contributed by atoms with van der Waals surface area (Å²) in [5.41, 5.74) is 1.50. The van der Waals surface area contributed by atoms with Gasteiger partial charge in [-0.3, -0.25) is 9.59 Å². The van der Waals surface area contributed by atoms with Crippen molar-refractivity contribution in [2.75, 3.05) is 43.5 Å². The van der Waals surface area contributed by atoms with Crippen molar-refractivity contribution < 1.29 is 18.7 Å². The highest BCUT2D eigenvalue weighted by atomic mass is 32.1. The first kappa shape index (κ1) is 21.5. The Bertz CT molecular complexity index is 972. The van der Waals surface area contributed by atoms with E-state index in [2.05, 4.69) is 10.2 Å². The summed E-state index contributed by atoms with van der Waals surface area (Å²) in [5, 5.41) is 3.81. The van der Waals surface area contributed by atoms with E-state index in [-0.39, 0.29) is 23.5 Å². The summed E-state index contributed by atoms with van der Waals surface area (Å²) in [5.74, 6) is -0.415. The number of carbonyl (C=O) groups is 2. The molecule has 1 aliphatic carbocycles. The highest BCUT2D eigenvalue weighted by Gasteiger charge is 2.30. The number of hydrogen-bond donors (Lipinski definition) is 1. The molecule has 1 aromatic carbocycles. The van der Waals surface area contributed by atoms with Gasteiger partial charge in [0, 0.05) is 55.1 Å². The third-order valence-corrected chi connectivity index (χ3v) is 7.10. The number of carbonyl (C=O) groups excluding carboxylic acids is 2. The molecular formula is C22H27FN4O3S. The molecule has 2 aliphatic rings. The number of halogens is 1. The number of aromatic nitrogens is 1. The fourth-order valence-electron chi connectivity index (χ4n) is 4.08. The predicted molar refractivity (Wildman–Crippen MR) is 118 cm³/mol. The first-order valence-electron chi connectivity index (χ1n) is 10.6. The number of ether oxygens (including phenoxy) is 1. The Kier molecular flexibility index (Phi) is 6.41. The van der Waals surface area contributed by atoms with E-state index in [0.717, 1.165) is 54.7 Å². The SMILES string of the molecule is CCC(=O)N1CCN(c2nc3c(s2)CC(C(=O)Nc2ccc(OC)c(F)c2)CC3)CC1. The van der Waals surface area contributed by atoms with Gasteiger partial charge in [0.05, 0.1) is 12.8 Å². The van der Waals surface area contributed by atoms with E-state index in [1.165, 1.54) is 19.2 Å². The van der Waals surface area contributed by atoms with Gasteiger partial charge in [-0.2, -0.15) is 0 Å². The van der Waals surface area contributed by atoms with E-state index in [1.54, 1.807) is 17.4 Å². The number of aryl methyl sites for hydroxylation is 1. The fourth-order valence-corrected chi connectivity index (χ4v) is 5.32. The molecule has 4 rings (SSSR count). The molecule has 0 spiro atoms. The van der Waals surface area contributed by atoms with Crippen LogP contribution in [0.4, 0.5) is 15.2 Å². The summed E-state index contributed by atoms with van der Waals surface area (Å²) in [7, 11) is 1.41. The molecule has 1 atom stereocenters. The van der Waals surface area contributed by atoms with Crippen LogP contribution >= 0.6 is 11.3 Å². The van der Waals surface area contributed by atoms with Crippen LogP contribution in [0, 0.1) is 11.7 Å². The van der Waals surface area contributed by atoms with Gasteiger partial charge in [0.2, 0.25) is 11.8 Å². The third-order valence-electron chi connectivity index (χ3n) is 5.92. The fraction of sp³-hybridized carbons (Fsp3) is 0.500. The molecule has 0 saturated carbocycles. The first-order valence-corrected chi connectivity index (χ1v) is 11.5. The standard InChI is InChI=1S/C22H27FN4O3S/c1-3-20(28)26-8-10-27(11-9-26)22-25-17-6-4-14(12-19(17)31-22)21(29)24-15-5-7-18(30-2)16(23)13-15/h5,7,13-14H,3-4,6,8-12H2,1-2H3,(H,24,29). The molecule has 166 valence electrons. The molecule has 0 radical (unpaired) electrons. The van der Waals surface area contributed by atoms with Gasteiger partial charge in [-0.15, -0.1) is 11.3 Å². The molecule has 0 bridgehead atoms. The molecule has 2 aromatic rings. The summed E-state index contributed by atoms with van der Waals surface area (Å²) >= 11 is 1.65. The van der Waals surface area contributed by atoms with E-state index in [4.69, 9.17) is 9.72 Å². The maximum atomic E-state index is 13.9. The van der Waals surface area contributed by atoms with Gasteiger partial charge in [0.25, 0.3) is 0 Å². The largest absolute Gasteiger partial charge is 0.494 e. The molecule has 1 fully saturated rings. The van der Waals surface area contributed by atoms with Crippen molar-refractivity contribution in [3.63, 3.8) is 0 Å². The molecule has 1 aliphatic heterocycles. The molecule has 2 amide bonds. The molecule has 31 heavy (non-hydrogen) atoms. The van der Waals surface area contributed by atoms with E-state index >= 15 is 0 Å². The van der Waals surface area contributed by atoms with Crippen LogP contribution in [-0.2, 0) is 22.4 Å². The second-order valence-corrected chi connectivity index (χ2v) is 8.93. The van der Waals surface area contributed by atoms with Crippen LogP contribution in [0.5, 0.6) is 5.75 Å². The number of piperazine rings is 1. The second-order valence-electron chi connectivity index (χ2n) is 7.87. The highest BCUT2D eigenvalue weighted by Crippen LogP contribution is 2.35. The zero-order valence-corrected chi connectivity index (χ0v) is 18.6. The number of nitrogens with one attached hydrogen (secondary N) is 1. The van der Waals surface area contributed by atoms with Gasteiger partial charge in [-0.05, 0) is 31.4 Å². The molecule has 1 N–H and O–H groups in total. The van der Waals surface area contributed by atoms with Crippen LogP contribution in [0.1, 0.15) is 30.3 Å². The van der Waals surface area contributed by atoms with Crippen LogP contribution in [-0.4, -0.2) is 55.0 Å². The van der Waals surface area contributed by atoms with Gasteiger partial charge in [-0.25, -0.2) is 9.37 Å². The molecule has 1 unspecified atom stereocenters. The monoisotopic (exact) mass is 446 g/mol. The zero-order valence-electron chi connectivity index (χ0n) is 17.8. The van der Waals surface area contributed by atoms with Gasteiger partial charge in [0.1, 0.15) is 0 Å². The molecule has 2 heterocycles. The van der Waals surface area contributed by atoms with Crippen LogP contribution in [0.25, 0.3) is 0 Å². The van der Waals surface area contributed by atoms with Crippen molar-refractivity contribution >= 4 is 34.0 Å². The van der Waals surface area contributed by atoms with Crippen molar-refractivity contribution in [1.29, 1.82) is 0 Å². The summed E-state index contributed by atoms with van der Waals surface area (Å²) in [6.45, 7) is 4.90. The zero-order chi connectivity index (χ0) is 22.0. The lowest BCUT2D eigenvalue weighted by molar-refractivity contribution is -0.131. The Balaban J connectivity index is 1.37. The maximum Gasteiger partial charge on any atom is 0.227 e. The number of hydrogen-bond acceptors (Lipinski definition) is 6. The Hall–Kier alpha value is -2.68. The van der Waals surface area contributed by atoms with Crippen molar-refractivity contribution in [3.8, 4) is 5.75 Å². The Morgan fingerprint density at radius 3 is 2.74 bits per heavy atom. The number of benzene rings is 1. The molecule has 1 aromatic heterocycles. The van der Waals surface area contributed by atoms with Gasteiger partial charge in [-0.1, -0.05) is 6.92 Å². The smallest absolute Gasteiger partial charge is 0.227 e. The normalized spacial score (nSPS) is 18.5. The predicted octanol–water partition coefficient (Wildman–Crippen LogP) is 3.09. The number of nitrogens with zero attached hydrogens (tertiary/aromatic N) is 3. The minimum absolute atomic E-state index is 0.100. The minimum Gasteiger partial charge on any atom is -0.494 e. The van der Waals surface area contributed by atoms with E-state index in [9.17, 15) is 14.0 Å². The van der Waals surface area contributed by atoms with E-state index in [1.807, 2.05) is 11.8 Å². The lowest BCUT2D eigenvalue weighted by Crippen LogP contribution is -2.48. The van der Waals surface area contributed by atoms with Crippen molar-refractivity contribution in [2.24, 2.45) is 5.92 Å². The molecule has 9 heteroatoms. The number of anilines is 2. The summed E-state index contributed by atoms with van der Waals surface area (Å²) in [4.78, 5) is 34.7. The topological polar surface area (TPSA) is 74.8 Å². The Morgan fingerprint density at radius 1 is 1.29 bits per heavy atom. The number of amides is 2. The number of fused-ring (bicyclic) bond motifs is 1. The Morgan fingerprint density at radius 2 is 2.06 bits per heavy atom. The quantitative estimate of drug-likeness (QED) is 0.764. The third kappa shape index (κ3) is 4.66. The highest BCUT2D eigenvalue weighted by molar-refractivity contribution is 7.15. The molecular weight excluding hydrogens is 419 g/mol. The maximum absolute atomic E-state index is 13.9. The van der Waals surface area contributed by atoms with Gasteiger partial charge >= 0.3 is 0 Å². The molecule has 7 nitrogen and oxygen atoms in total. The van der Waals surface area contributed by atoms with Crippen molar-refractivity contribution in [2.45, 2.75) is 32.6 Å². The van der Waals surface area contributed by atoms with Gasteiger partial charge < -0.3 is 19.9 Å². The molecule has 1 saturated heterocycles. The van der Waals surface area contributed by atoms with Crippen LogP contribution in [0.3, 0.4) is 0 Å². The number of rotatable bonds is 5. The first-order chi connectivity index (χ1) is 15.0. The van der Waals surface area contributed by atoms with Crippen LogP contribution in [0.2, 0.25) is 0 Å². The van der Waals surface area contributed by atoms with E-state index < -0.39 is 5.82 Å². The van der Waals surface area contributed by atoms with Crippen LogP contribution < -0.4 is 15.0 Å². The summed E-state index contributed by atoms with van der Waals surface area (Å²) in [6.07, 6.45) is 2.67.